The summed E-state index contributed by atoms with van der Waals surface area (Å²) in [5.41, 5.74) is 0.385. The molecule has 1 N–H and O–H groups in total. The first-order valence-corrected chi connectivity index (χ1v) is 7.58. The average molecular weight is 319 g/mol. The lowest BCUT2D eigenvalue weighted by atomic mass is 10.2. The second-order valence-electron chi connectivity index (χ2n) is 5.06. The van der Waals surface area contributed by atoms with Gasteiger partial charge in [-0.3, -0.25) is 0 Å². The number of carboxylic acids is 1. The van der Waals surface area contributed by atoms with Crippen molar-refractivity contribution >= 4 is 5.97 Å². The Kier molecular flexibility index (Phi) is 5.96. The zero-order valence-electron chi connectivity index (χ0n) is 13.4. The number of para-hydroxylation sites is 2. The van der Waals surface area contributed by atoms with Gasteiger partial charge in [-0.15, -0.1) is 5.10 Å². The summed E-state index contributed by atoms with van der Waals surface area (Å²) in [6.07, 6.45) is 3.04. The first kappa shape index (κ1) is 16.8. The number of rotatable bonds is 9. The van der Waals surface area contributed by atoms with E-state index in [1.165, 1.54) is 0 Å². The molecule has 0 aliphatic rings. The number of benzene rings is 1. The van der Waals surface area contributed by atoms with Gasteiger partial charge in [0.05, 0.1) is 7.11 Å². The van der Waals surface area contributed by atoms with Crippen LogP contribution in [0.4, 0.5) is 0 Å². The van der Waals surface area contributed by atoms with Gasteiger partial charge in [0.2, 0.25) is 0 Å². The van der Waals surface area contributed by atoms with Crippen LogP contribution in [-0.4, -0.2) is 33.2 Å². The highest BCUT2D eigenvalue weighted by atomic mass is 16.5. The van der Waals surface area contributed by atoms with Crippen LogP contribution < -0.4 is 9.47 Å². The molecule has 0 aliphatic carbocycles. The highest BCUT2D eigenvalue weighted by Crippen LogP contribution is 2.26. The van der Waals surface area contributed by atoms with Crippen molar-refractivity contribution in [3.05, 3.63) is 35.7 Å². The molecule has 23 heavy (non-hydrogen) atoms. The lowest BCUT2D eigenvalue weighted by molar-refractivity contribution is 0.0687. The number of aromatic nitrogens is 3. The first-order chi connectivity index (χ1) is 11.2. The fourth-order valence-corrected chi connectivity index (χ4v) is 2.22. The third kappa shape index (κ3) is 4.21. The number of ether oxygens (including phenoxy) is 2. The van der Waals surface area contributed by atoms with E-state index >= 15 is 0 Å². The largest absolute Gasteiger partial charge is 0.493 e. The summed E-state index contributed by atoms with van der Waals surface area (Å²) >= 11 is 0. The maximum absolute atomic E-state index is 11.3. The number of aromatic carboxylic acids is 1. The number of hydrogen-bond acceptors (Lipinski definition) is 5. The highest BCUT2D eigenvalue weighted by molar-refractivity contribution is 5.86. The fraction of sp³-hybridized carbons (Fsp3) is 0.438. The SMILES string of the molecule is CCCCCn1nnc(C(=O)O)c1COc1ccccc1OC. The maximum Gasteiger partial charge on any atom is 0.358 e. The Hall–Kier alpha value is -2.57. The normalized spacial score (nSPS) is 10.5. The Balaban J connectivity index is 2.16. The molecule has 1 aromatic heterocycles. The van der Waals surface area contributed by atoms with Crippen LogP contribution in [0.1, 0.15) is 42.4 Å². The molecule has 2 rings (SSSR count). The van der Waals surface area contributed by atoms with Gasteiger partial charge in [-0.1, -0.05) is 37.1 Å². The summed E-state index contributed by atoms with van der Waals surface area (Å²) in [6, 6.07) is 7.21. The van der Waals surface area contributed by atoms with Crippen molar-refractivity contribution in [3.8, 4) is 11.5 Å². The summed E-state index contributed by atoms with van der Waals surface area (Å²) in [6.45, 7) is 2.80. The van der Waals surface area contributed by atoms with E-state index in [1.54, 1.807) is 23.9 Å². The van der Waals surface area contributed by atoms with Crippen LogP contribution in [0.15, 0.2) is 24.3 Å². The minimum atomic E-state index is -1.11. The topological polar surface area (TPSA) is 86.5 Å². The number of carboxylic acid groups (broad SMARTS) is 1. The van der Waals surface area contributed by atoms with Crippen LogP contribution in [0, 0.1) is 0 Å². The number of unbranched alkanes of at least 4 members (excludes halogenated alkanes) is 2. The molecule has 0 saturated carbocycles. The number of carbonyl (C=O) groups is 1. The van der Waals surface area contributed by atoms with Gasteiger partial charge in [0.1, 0.15) is 12.3 Å². The minimum Gasteiger partial charge on any atom is -0.493 e. The minimum absolute atomic E-state index is 0.0706. The van der Waals surface area contributed by atoms with E-state index in [9.17, 15) is 9.90 Å². The Morgan fingerprint density at radius 2 is 2.00 bits per heavy atom. The molecular weight excluding hydrogens is 298 g/mol. The summed E-state index contributed by atoms with van der Waals surface area (Å²) in [4.78, 5) is 11.3. The molecule has 0 fully saturated rings. The summed E-state index contributed by atoms with van der Waals surface area (Å²) < 4.78 is 12.5. The smallest absolute Gasteiger partial charge is 0.358 e. The van der Waals surface area contributed by atoms with E-state index in [0.29, 0.717) is 23.7 Å². The molecule has 1 aromatic carbocycles. The van der Waals surface area contributed by atoms with Crippen LogP contribution in [0.3, 0.4) is 0 Å². The third-order valence-corrected chi connectivity index (χ3v) is 3.45. The van der Waals surface area contributed by atoms with E-state index in [4.69, 9.17) is 9.47 Å². The molecule has 0 bridgehead atoms. The average Bonchev–Trinajstić information content (AvgIpc) is 2.96. The predicted molar refractivity (Wildman–Crippen MR) is 83.8 cm³/mol. The van der Waals surface area contributed by atoms with Gasteiger partial charge in [0.25, 0.3) is 0 Å². The molecule has 0 unspecified atom stereocenters. The molecule has 124 valence electrons. The first-order valence-electron chi connectivity index (χ1n) is 7.58. The number of nitrogens with zero attached hydrogens (tertiary/aromatic N) is 3. The molecule has 0 radical (unpaired) electrons. The van der Waals surface area contributed by atoms with E-state index in [0.717, 1.165) is 19.3 Å². The van der Waals surface area contributed by atoms with Crippen molar-refractivity contribution in [2.75, 3.05) is 7.11 Å². The van der Waals surface area contributed by atoms with Crippen molar-refractivity contribution < 1.29 is 19.4 Å². The van der Waals surface area contributed by atoms with Crippen molar-refractivity contribution in [3.63, 3.8) is 0 Å². The molecule has 7 heteroatoms. The third-order valence-electron chi connectivity index (χ3n) is 3.45. The van der Waals surface area contributed by atoms with Gasteiger partial charge in [0, 0.05) is 6.54 Å². The highest BCUT2D eigenvalue weighted by Gasteiger charge is 2.19. The van der Waals surface area contributed by atoms with Crippen molar-refractivity contribution in [2.45, 2.75) is 39.3 Å². The van der Waals surface area contributed by atoms with Crippen LogP contribution >= 0.6 is 0 Å². The Morgan fingerprint density at radius 3 is 2.65 bits per heavy atom. The van der Waals surface area contributed by atoms with Gasteiger partial charge in [-0.25, -0.2) is 9.48 Å². The van der Waals surface area contributed by atoms with Crippen LogP contribution in [0.2, 0.25) is 0 Å². The predicted octanol–water partition coefficient (Wildman–Crippen LogP) is 2.75. The van der Waals surface area contributed by atoms with E-state index < -0.39 is 5.97 Å². The Labute approximate surface area is 134 Å². The van der Waals surface area contributed by atoms with Crippen molar-refractivity contribution in [2.24, 2.45) is 0 Å². The second-order valence-corrected chi connectivity index (χ2v) is 5.06. The molecule has 0 aliphatic heterocycles. The molecule has 0 saturated heterocycles. The number of hydrogen-bond donors (Lipinski definition) is 1. The summed E-state index contributed by atoms with van der Waals surface area (Å²) in [5.74, 6) is 0.0346. The molecule has 1 heterocycles. The van der Waals surface area contributed by atoms with Crippen LogP contribution in [-0.2, 0) is 13.2 Å². The zero-order chi connectivity index (χ0) is 16.7. The monoisotopic (exact) mass is 319 g/mol. The number of aryl methyl sites for hydroxylation is 1. The van der Waals surface area contributed by atoms with Crippen molar-refractivity contribution in [1.29, 1.82) is 0 Å². The van der Waals surface area contributed by atoms with Crippen LogP contribution in [0.5, 0.6) is 11.5 Å². The van der Waals surface area contributed by atoms with E-state index in [2.05, 4.69) is 17.2 Å². The quantitative estimate of drug-likeness (QED) is 0.715. The fourth-order valence-electron chi connectivity index (χ4n) is 2.22. The molecule has 0 spiro atoms. The standard InChI is InChI=1S/C16H21N3O4/c1-3-4-7-10-19-12(15(16(20)21)17-18-19)11-23-14-9-6-5-8-13(14)22-2/h5-6,8-9H,3-4,7,10-11H2,1-2H3,(H,20,21). The van der Waals surface area contributed by atoms with Gasteiger partial charge >= 0.3 is 5.97 Å². The lowest BCUT2D eigenvalue weighted by Crippen LogP contribution is -2.12. The van der Waals surface area contributed by atoms with E-state index in [-0.39, 0.29) is 12.3 Å². The van der Waals surface area contributed by atoms with Crippen molar-refractivity contribution in [1.82, 2.24) is 15.0 Å². The molecular formula is C16H21N3O4. The van der Waals surface area contributed by atoms with Gasteiger partial charge in [-0.05, 0) is 18.6 Å². The molecule has 7 nitrogen and oxygen atoms in total. The van der Waals surface area contributed by atoms with Gasteiger partial charge in [0.15, 0.2) is 17.2 Å². The van der Waals surface area contributed by atoms with Gasteiger partial charge < -0.3 is 14.6 Å². The molecule has 0 atom stereocenters. The second kappa shape index (κ2) is 8.17. The lowest BCUT2D eigenvalue weighted by Gasteiger charge is -2.11. The summed E-state index contributed by atoms with van der Waals surface area (Å²) in [7, 11) is 1.56. The number of methoxy groups -OCH3 is 1. The Bertz CT molecular complexity index is 655. The zero-order valence-corrected chi connectivity index (χ0v) is 13.4. The van der Waals surface area contributed by atoms with Gasteiger partial charge in [-0.2, -0.15) is 0 Å². The molecule has 0 amide bonds. The Morgan fingerprint density at radius 1 is 1.26 bits per heavy atom. The van der Waals surface area contributed by atoms with E-state index in [1.807, 2.05) is 12.1 Å². The van der Waals surface area contributed by atoms with Crippen LogP contribution in [0.25, 0.3) is 0 Å². The summed E-state index contributed by atoms with van der Waals surface area (Å²) in [5, 5.41) is 16.9. The maximum atomic E-state index is 11.3. The molecule has 2 aromatic rings.